The Morgan fingerprint density at radius 1 is 1.26 bits per heavy atom. The number of halogens is 1. The average molecular weight is 280 g/mol. The van der Waals surface area contributed by atoms with Crippen molar-refractivity contribution in [2.24, 2.45) is 5.41 Å². The summed E-state index contributed by atoms with van der Waals surface area (Å²) in [7, 11) is 4.05. The first-order valence-electron chi connectivity index (χ1n) is 6.46. The predicted molar refractivity (Wildman–Crippen MR) is 82.6 cm³/mol. The number of nitrogens with zero attached hydrogens (tertiary/aromatic N) is 1. The van der Waals surface area contributed by atoms with Crippen LogP contribution in [0.25, 0.3) is 6.08 Å². The van der Waals surface area contributed by atoms with Gasteiger partial charge in [0, 0.05) is 12.0 Å². The molecule has 1 aromatic rings. The Morgan fingerprint density at radius 3 is 2.47 bits per heavy atom. The summed E-state index contributed by atoms with van der Waals surface area (Å²) < 4.78 is 0. The van der Waals surface area contributed by atoms with Crippen molar-refractivity contribution in [1.29, 1.82) is 0 Å². The van der Waals surface area contributed by atoms with Crippen molar-refractivity contribution in [3.63, 3.8) is 0 Å². The first kappa shape index (κ1) is 15.9. The van der Waals surface area contributed by atoms with E-state index in [9.17, 15) is 4.79 Å². The van der Waals surface area contributed by atoms with Crippen molar-refractivity contribution in [2.75, 3.05) is 20.6 Å². The predicted octanol–water partition coefficient (Wildman–Crippen LogP) is 3.42. The van der Waals surface area contributed by atoms with Gasteiger partial charge in [0.25, 0.3) is 0 Å². The maximum atomic E-state index is 12.5. The number of rotatable bonds is 3. The number of Topliss-reactive ketones (excluding diaryl/α,β-unsaturated/α-hetero) is 1. The summed E-state index contributed by atoms with van der Waals surface area (Å²) >= 11 is 0. The fraction of sp³-hybridized carbons (Fsp3) is 0.438. The van der Waals surface area contributed by atoms with Gasteiger partial charge >= 0.3 is 0 Å². The lowest BCUT2D eigenvalue weighted by atomic mass is 9.86. The second-order valence-corrected chi connectivity index (χ2v) is 5.71. The van der Waals surface area contributed by atoms with Gasteiger partial charge in [-0.15, -0.1) is 12.4 Å². The molecule has 0 amide bonds. The summed E-state index contributed by atoms with van der Waals surface area (Å²) in [4.78, 5) is 14.6. The van der Waals surface area contributed by atoms with Crippen LogP contribution < -0.4 is 0 Å². The minimum atomic E-state index is -0.204. The van der Waals surface area contributed by atoms with Gasteiger partial charge in [0.2, 0.25) is 0 Å². The van der Waals surface area contributed by atoms with E-state index in [2.05, 4.69) is 11.8 Å². The molecule has 0 N–H and O–H groups in total. The molecule has 0 aliphatic heterocycles. The highest BCUT2D eigenvalue weighted by Crippen LogP contribution is 2.38. The van der Waals surface area contributed by atoms with E-state index in [0.29, 0.717) is 5.78 Å². The Bertz CT molecular complexity index is 467. The molecule has 1 atom stereocenters. The second kappa shape index (κ2) is 6.36. The highest BCUT2D eigenvalue weighted by molar-refractivity contribution is 6.05. The molecule has 19 heavy (non-hydrogen) atoms. The monoisotopic (exact) mass is 279 g/mol. The molecule has 0 aromatic heterocycles. The molecular weight excluding hydrogens is 258 g/mol. The van der Waals surface area contributed by atoms with E-state index in [1.807, 2.05) is 50.5 Å². The van der Waals surface area contributed by atoms with Crippen molar-refractivity contribution in [1.82, 2.24) is 4.90 Å². The topological polar surface area (TPSA) is 20.3 Å². The van der Waals surface area contributed by atoms with Crippen molar-refractivity contribution >= 4 is 24.3 Å². The van der Waals surface area contributed by atoms with Crippen LogP contribution in [0.1, 0.15) is 25.3 Å². The summed E-state index contributed by atoms with van der Waals surface area (Å²) in [5, 5.41) is 0. The quantitative estimate of drug-likeness (QED) is 0.790. The number of hydrogen-bond donors (Lipinski definition) is 0. The molecule has 104 valence electrons. The minimum absolute atomic E-state index is 0. The van der Waals surface area contributed by atoms with Crippen molar-refractivity contribution in [3.8, 4) is 0 Å². The molecule has 0 radical (unpaired) electrons. The Morgan fingerprint density at radius 2 is 1.89 bits per heavy atom. The van der Waals surface area contributed by atoms with Crippen molar-refractivity contribution in [2.45, 2.75) is 19.8 Å². The molecule has 3 heteroatoms. The lowest BCUT2D eigenvalue weighted by Gasteiger charge is -2.25. The van der Waals surface area contributed by atoms with Gasteiger partial charge in [-0.3, -0.25) is 4.79 Å². The molecule has 1 aliphatic carbocycles. The van der Waals surface area contributed by atoms with E-state index in [4.69, 9.17) is 0 Å². The van der Waals surface area contributed by atoms with Gasteiger partial charge in [-0.25, -0.2) is 0 Å². The van der Waals surface area contributed by atoms with Gasteiger partial charge < -0.3 is 4.90 Å². The molecule has 2 nitrogen and oxygen atoms in total. The normalized spacial score (nSPS) is 24.8. The van der Waals surface area contributed by atoms with Gasteiger partial charge in [-0.05, 0) is 44.1 Å². The maximum Gasteiger partial charge on any atom is 0.166 e. The number of carbonyl (C=O) groups is 1. The number of allylic oxidation sites excluding steroid dienone is 1. The molecule has 1 unspecified atom stereocenters. The fourth-order valence-corrected chi connectivity index (χ4v) is 2.76. The summed E-state index contributed by atoms with van der Waals surface area (Å²) in [6, 6.07) is 10.1. The molecule has 2 rings (SSSR count). The summed E-state index contributed by atoms with van der Waals surface area (Å²) in [5.74, 6) is 0.319. The van der Waals surface area contributed by atoms with E-state index < -0.39 is 0 Å². The molecule has 1 saturated carbocycles. The van der Waals surface area contributed by atoms with Gasteiger partial charge in [0.1, 0.15) is 0 Å². The minimum Gasteiger partial charge on any atom is -0.308 e. The van der Waals surface area contributed by atoms with Gasteiger partial charge in [0.15, 0.2) is 5.78 Å². The first-order chi connectivity index (χ1) is 8.51. The third-order valence-corrected chi connectivity index (χ3v) is 3.59. The standard InChI is InChI=1S/C16H21NO.ClH/c1-16(12-17(2)3)10-9-14(15(16)18)11-13-7-5-4-6-8-13;/h4-8,11H,9-10,12H2,1-3H3;1H/b14-11+;. The first-order valence-corrected chi connectivity index (χ1v) is 6.46. The zero-order valence-electron chi connectivity index (χ0n) is 11.8. The summed E-state index contributed by atoms with van der Waals surface area (Å²) in [6.45, 7) is 2.92. The number of carbonyl (C=O) groups excluding carboxylic acids is 1. The lowest BCUT2D eigenvalue weighted by Crippen LogP contribution is -2.34. The largest absolute Gasteiger partial charge is 0.308 e. The molecule has 1 aromatic carbocycles. The van der Waals surface area contributed by atoms with E-state index in [0.717, 1.165) is 30.5 Å². The maximum absolute atomic E-state index is 12.5. The second-order valence-electron chi connectivity index (χ2n) is 5.71. The Hall–Kier alpha value is -1.12. The highest BCUT2D eigenvalue weighted by Gasteiger charge is 2.40. The zero-order chi connectivity index (χ0) is 13.2. The van der Waals surface area contributed by atoms with Crippen LogP contribution >= 0.6 is 12.4 Å². The molecule has 1 aliphatic rings. The lowest BCUT2D eigenvalue weighted by molar-refractivity contribution is -0.122. The average Bonchev–Trinajstić information content (AvgIpc) is 2.58. The number of benzene rings is 1. The van der Waals surface area contributed by atoms with Crippen LogP contribution in [0, 0.1) is 5.41 Å². The molecule has 0 saturated heterocycles. The van der Waals surface area contributed by atoms with Crippen LogP contribution in [0.15, 0.2) is 35.9 Å². The van der Waals surface area contributed by atoms with Gasteiger partial charge in [-0.2, -0.15) is 0 Å². The van der Waals surface area contributed by atoms with E-state index >= 15 is 0 Å². The van der Waals surface area contributed by atoms with E-state index in [1.54, 1.807) is 0 Å². The zero-order valence-corrected chi connectivity index (χ0v) is 12.7. The van der Waals surface area contributed by atoms with Crippen LogP contribution in [-0.4, -0.2) is 31.3 Å². The van der Waals surface area contributed by atoms with Crippen LogP contribution in [0.3, 0.4) is 0 Å². The van der Waals surface area contributed by atoms with E-state index in [-0.39, 0.29) is 17.8 Å². The van der Waals surface area contributed by atoms with E-state index in [1.165, 1.54) is 0 Å². The highest BCUT2D eigenvalue weighted by atomic mass is 35.5. The Balaban J connectivity index is 0.00000180. The third kappa shape index (κ3) is 3.68. The molecule has 0 spiro atoms. The van der Waals surface area contributed by atoms with Crippen LogP contribution in [0.4, 0.5) is 0 Å². The van der Waals surface area contributed by atoms with Crippen LogP contribution in [-0.2, 0) is 4.79 Å². The van der Waals surface area contributed by atoms with Crippen LogP contribution in [0.5, 0.6) is 0 Å². The van der Waals surface area contributed by atoms with Crippen LogP contribution in [0.2, 0.25) is 0 Å². The SMILES string of the molecule is CN(C)CC1(C)CC/C(=C\c2ccccc2)C1=O.Cl. The smallest absolute Gasteiger partial charge is 0.166 e. The molecule has 0 bridgehead atoms. The Labute approximate surface area is 121 Å². The molecule has 0 heterocycles. The summed E-state index contributed by atoms with van der Waals surface area (Å²) in [5.41, 5.74) is 1.89. The Kier molecular flexibility index (Phi) is 5.33. The third-order valence-electron chi connectivity index (χ3n) is 3.59. The number of hydrogen-bond acceptors (Lipinski definition) is 2. The van der Waals surface area contributed by atoms with Gasteiger partial charge in [-0.1, -0.05) is 37.3 Å². The van der Waals surface area contributed by atoms with Crippen molar-refractivity contribution in [3.05, 3.63) is 41.5 Å². The molecular formula is C16H22ClNO. The molecule has 1 fully saturated rings. The van der Waals surface area contributed by atoms with Gasteiger partial charge in [0.05, 0.1) is 0 Å². The van der Waals surface area contributed by atoms with Crippen molar-refractivity contribution < 1.29 is 4.79 Å². The fourth-order valence-electron chi connectivity index (χ4n) is 2.76. The summed E-state index contributed by atoms with van der Waals surface area (Å²) in [6.07, 6.45) is 3.91. The number of ketones is 1.